The van der Waals surface area contributed by atoms with E-state index in [4.69, 9.17) is 5.10 Å². The normalized spacial score (nSPS) is 19.2. The van der Waals surface area contributed by atoms with E-state index in [0.29, 0.717) is 30.9 Å². The van der Waals surface area contributed by atoms with Crippen LogP contribution in [0.15, 0.2) is 30.3 Å². The van der Waals surface area contributed by atoms with Crippen LogP contribution in [0.25, 0.3) is 10.9 Å². The third kappa shape index (κ3) is 3.35. The molecule has 0 atom stereocenters. The van der Waals surface area contributed by atoms with Gasteiger partial charge < -0.3 is 19.7 Å². The molecule has 3 aliphatic rings. The molecular formula is C25H30N6O2. The molecule has 0 bridgehead atoms. The van der Waals surface area contributed by atoms with E-state index in [-0.39, 0.29) is 17.4 Å². The predicted octanol–water partition coefficient (Wildman–Crippen LogP) is 2.50. The number of aromatic amines is 1. The fourth-order valence-corrected chi connectivity index (χ4v) is 5.46. The van der Waals surface area contributed by atoms with E-state index < -0.39 is 0 Å². The summed E-state index contributed by atoms with van der Waals surface area (Å²) in [6, 6.07) is 9.83. The van der Waals surface area contributed by atoms with Gasteiger partial charge in [0, 0.05) is 54.6 Å². The van der Waals surface area contributed by atoms with Gasteiger partial charge in [0.15, 0.2) is 0 Å². The Morgan fingerprint density at radius 3 is 2.76 bits per heavy atom. The number of likely N-dealkylation sites (N-methyl/N-ethyl adjacent to an activating group) is 1. The lowest BCUT2D eigenvalue weighted by Crippen LogP contribution is -2.45. The van der Waals surface area contributed by atoms with Gasteiger partial charge in [-0.15, -0.1) is 0 Å². The number of nitrogens with one attached hydrogen (secondary N) is 1. The Labute approximate surface area is 193 Å². The number of hydrogen-bond acceptors (Lipinski definition) is 4. The van der Waals surface area contributed by atoms with Crippen molar-refractivity contribution >= 4 is 22.7 Å². The average molecular weight is 447 g/mol. The van der Waals surface area contributed by atoms with Crippen molar-refractivity contribution < 1.29 is 9.59 Å². The molecule has 6 rings (SSSR count). The molecular weight excluding hydrogens is 416 g/mol. The summed E-state index contributed by atoms with van der Waals surface area (Å²) in [5, 5.41) is 5.87. The van der Waals surface area contributed by atoms with E-state index in [1.165, 1.54) is 0 Å². The second-order valence-corrected chi connectivity index (χ2v) is 9.98. The highest BCUT2D eigenvalue weighted by Gasteiger charge is 2.52. The van der Waals surface area contributed by atoms with E-state index in [0.717, 1.165) is 61.1 Å². The van der Waals surface area contributed by atoms with Crippen molar-refractivity contribution in [2.75, 3.05) is 33.7 Å². The SMILES string of the molecule is CN(C)CCN1C(=O)c2c3c(nn2CCC12CC2)CCN(C(=O)c1cc2ccccc2[nH]1)C3. The first kappa shape index (κ1) is 20.5. The number of amides is 2. The van der Waals surface area contributed by atoms with E-state index in [1.807, 2.05) is 54.0 Å². The molecule has 2 aromatic heterocycles. The summed E-state index contributed by atoms with van der Waals surface area (Å²) < 4.78 is 1.93. The van der Waals surface area contributed by atoms with Gasteiger partial charge in [0.1, 0.15) is 11.4 Å². The molecule has 1 aromatic carbocycles. The lowest BCUT2D eigenvalue weighted by Gasteiger charge is -2.32. The minimum Gasteiger partial charge on any atom is -0.351 e. The third-order valence-corrected chi connectivity index (χ3v) is 7.56. The number of aromatic nitrogens is 3. The number of para-hydroxylation sites is 1. The molecule has 172 valence electrons. The van der Waals surface area contributed by atoms with Crippen molar-refractivity contribution in [2.24, 2.45) is 0 Å². The van der Waals surface area contributed by atoms with Crippen LogP contribution in [-0.4, -0.2) is 80.5 Å². The molecule has 1 N–H and O–H groups in total. The number of nitrogens with zero attached hydrogens (tertiary/aromatic N) is 5. The van der Waals surface area contributed by atoms with Crippen molar-refractivity contribution in [1.29, 1.82) is 0 Å². The van der Waals surface area contributed by atoms with E-state index in [9.17, 15) is 9.59 Å². The smallest absolute Gasteiger partial charge is 0.273 e. The molecule has 0 saturated heterocycles. The van der Waals surface area contributed by atoms with Gasteiger partial charge in [-0.2, -0.15) is 5.10 Å². The number of carbonyl (C=O) groups is 2. The van der Waals surface area contributed by atoms with Gasteiger partial charge in [0.2, 0.25) is 0 Å². The van der Waals surface area contributed by atoms with Crippen molar-refractivity contribution in [3.63, 3.8) is 0 Å². The first-order valence-corrected chi connectivity index (χ1v) is 11.9. The molecule has 1 spiro atoms. The maximum absolute atomic E-state index is 13.8. The molecule has 2 amide bonds. The number of benzene rings is 1. The predicted molar refractivity (Wildman–Crippen MR) is 125 cm³/mol. The first-order valence-electron chi connectivity index (χ1n) is 11.9. The second kappa shape index (κ2) is 7.45. The van der Waals surface area contributed by atoms with Crippen molar-refractivity contribution in [2.45, 2.75) is 44.3 Å². The average Bonchev–Trinajstić information content (AvgIpc) is 3.33. The van der Waals surface area contributed by atoms with Gasteiger partial charge >= 0.3 is 0 Å². The minimum atomic E-state index is -0.0269. The number of aryl methyl sites for hydroxylation is 1. The Kier molecular flexibility index (Phi) is 4.62. The molecule has 8 nitrogen and oxygen atoms in total. The molecule has 0 radical (unpaired) electrons. The Balaban J connectivity index is 1.30. The summed E-state index contributed by atoms with van der Waals surface area (Å²) in [5.74, 6) is 0.0570. The molecule has 0 unspecified atom stereocenters. The summed E-state index contributed by atoms with van der Waals surface area (Å²) in [5.41, 5.74) is 4.14. The fraction of sp³-hybridized carbons (Fsp3) is 0.480. The quantitative estimate of drug-likeness (QED) is 0.668. The Hall–Kier alpha value is -3.13. The number of rotatable bonds is 4. The van der Waals surface area contributed by atoms with Crippen LogP contribution in [0, 0.1) is 0 Å². The van der Waals surface area contributed by atoms with Crippen LogP contribution in [0.4, 0.5) is 0 Å². The highest BCUT2D eigenvalue weighted by molar-refractivity contribution is 5.99. The summed E-state index contributed by atoms with van der Waals surface area (Å²) in [6.07, 6.45) is 3.78. The maximum atomic E-state index is 13.8. The topological polar surface area (TPSA) is 77.5 Å². The number of fused-ring (bicyclic) bond motifs is 4. The molecule has 4 heterocycles. The lowest BCUT2D eigenvalue weighted by atomic mass is 10.0. The van der Waals surface area contributed by atoms with Crippen LogP contribution in [0.1, 0.15) is 51.5 Å². The third-order valence-electron chi connectivity index (χ3n) is 7.56. The van der Waals surface area contributed by atoms with Gasteiger partial charge in [-0.25, -0.2) is 0 Å². The zero-order chi connectivity index (χ0) is 22.7. The minimum absolute atomic E-state index is 0.00476. The molecule has 1 saturated carbocycles. The standard InChI is InChI=1S/C25H30N6O2/c1-28(2)13-14-30-24(33)22-18-16-29(23(32)21-15-17-5-3-4-6-19(17)26-21)11-7-20(18)27-31(22)12-10-25(30)8-9-25/h3-6,15,26H,7-14,16H2,1-2H3. The van der Waals surface area contributed by atoms with Crippen LogP contribution in [0.3, 0.4) is 0 Å². The van der Waals surface area contributed by atoms with Crippen LogP contribution >= 0.6 is 0 Å². The Morgan fingerprint density at radius 1 is 1.18 bits per heavy atom. The van der Waals surface area contributed by atoms with Gasteiger partial charge in [-0.05, 0) is 45.5 Å². The first-order chi connectivity index (χ1) is 15.9. The van der Waals surface area contributed by atoms with Crippen molar-refractivity contribution in [1.82, 2.24) is 29.5 Å². The Morgan fingerprint density at radius 2 is 2.00 bits per heavy atom. The van der Waals surface area contributed by atoms with Gasteiger partial charge in [0.25, 0.3) is 11.8 Å². The molecule has 1 fully saturated rings. The molecule has 2 aliphatic heterocycles. The van der Waals surface area contributed by atoms with Gasteiger partial charge in [-0.1, -0.05) is 18.2 Å². The summed E-state index contributed by atoms with van der Waals surface area (Å²) in [7, 11) is 4.09. The number of H-pyrrole nitrogens is 1. The number of carbonyl (C=O) groups excluding carboxylic acids is 2. The lowest BCUT2D eigenvalue weighted by molar-refractivity contribution is 0.0625. The van der Waals surface area contributed by atoms with Crippen molar-refractivity contribution in [3.05, 3.63) is 53.0 Å². The molecule has 1 aliphatic carbocycles. The molecule has 8 heteroatoms. The van der Waals surface area contributed by atoms with E-state index in [1.54, 1.807) is 0 Å². The highest BCUT2D eigenvalue weighted by Crippen LogP contribution is 2.47. The largest absolute Gasteiger partial charge is 0.351 e. The number of hydrogen-bond donors (Lipinski definition) is 1. The maximum Gasteiger partial charge on any atom is 0.273 e. The van der Waals surface area contributed by atoms with Gasteiger partial charge in [-0.3, -0.25) is 14.3 Å². The zero-order valence-corrected chi connectivity index (χ0v) is 19.3. The van der Waals surface area contributed by atoms with Crippen LogP contribution in [-0.2, 0) is 19.5 Å². The van der Waals surface area contributed by atoms with Crippen molar-refractivity contribution in [3.8, 4) is 0 Å². The molecule has 33 heavy (non-hydrogen) atoms. The summed E-state index contributed by atoms with van der Waals surface area (Å²) >= 11 is 0. The highest BCUT2D eigenvalue weighted by atomic mass is 16.2. The van der Waals surface area contributed by atoms with E-state index >= 15 is 0 Å². The Bertz CT molecular complexity index is 1220. The zero-order valence-electron chi connectivity index (χ0n) is 19.3. The van der Waals surface area contributed by atoms with Gasteiger partial charge in [0.05, 0.1) is 12.2 Å². The van der Waals surface area contributed by atoms with Crippen LogP contribution < -0.4 is 0 Å². The summed E-state index contributed by atoms with van der Waals surface area (Å²) in [4.78, 5) is 36.5. The van der Waals surface area contributed by atoms with Crippen LogP contribution in [0.5, 0.6) is 0 Å². The molecule has 3 aromatic rings. The monoisotopic (exact) mass is 446 g/mol. The summed E-state index contributed by atoms with van der Waals surface area (Å²) in [6.45, 7) is 3.38. The second-order valence-electron chi connectivity index (χ2n) is 9.98. The fourth-order valence-electron chi connectivity index (χ4n) is 5.46. The van der Waals surface area contributed by atoms with Crippen LogP contribution in [0.2, 0.25) is 0 Å². The van der Waals surface area contributed by atoms with E-state index in [2.05, 4.69) is 14.8 Å².